The van der Waals surface area contributed by atoms with Crippen LogP contribution < -0.4 is 16.0 Å². The highest BCUT2D eigenvalue weighted by atomic mass is 16.3. The van der Waals surface area contributed by atoms with Gasteiger partial charge in [0.15, 0.2) is 0 Å². The van der Waals surface area contributed by atoms with Crippen molar-refractivity contribution in [1.29, 1.82) is 0 Å². The van der Waals surface area contributed by atoms with Crippen LogP contribution in [0.25, 0.3) is 10.8 Å². The van der Waals surface area contributed by atoms with Crippen molar-refractivity contribution in [2.24, 2.45) is 5.92 Å². The molecule has 0 bridgehead atoms. The average molecular weight is 428 g/mol. The minimum Gasteiger partial charge on any atom is -0.394 e. The Labute approximate surface area is 181 Å². The van der Waals surface area contributed by atoms with E-state index in [0.717, 1.165) is 10.8 Å². The van der Waals surface area contributed by atoms with Crippen molar-refractivity contribution in [3.05, 3.63) is 55.1 Å². The van der Waals surface area contributed by atoms with E-state index >= 15 is 0 Å². The number of hydrogen-bond acceptors (Lipinski definition) is 5. The summed E-state index contributed by atoms with van der Waals surface area (Å²) in [6.45, 7) is 4.43. The largest absolute Gasteiger partial charge is 0.394 e. The fourth-order valence-corrected chi connectivity index (χ4v) is 3.07. The molecule has 0 aliphatic carbocycles. The van der Waals surface area contributed by atoms with Crippen LogP contribution in [0, 0.1) is 5.92 Å². The predicted octanol–water partition coefficient (Wildman–Crippen LogP) is 1.33. The van der Waals surface area contributed by atoms with Crippen LogP contribution in [0.1, 0.15) is 19.8 Å². The highest BCUT2D eigenvalue weighted by Crippen LogP contribution is 2.19. The lowest BCUT2D eigenvalue weighted by atomic mass is 9.99. The molecule has 0 fully saturated rings. The number of fused-ring (bicyclic) bond motifs is 1. The predicted molar refractivity (Wildman–Crippen MR) is 119 cm³/mol. The van der Waals surface area contributed by atoms with E-state index in [9.17, 15) is 19.5 Å². The van der Waals surface area contributed by atoms with E-state index in [0.29, 0.717) is 5.69 Å². The van der Waals surface area contributed by atoms with E-state index in [1.165, 1.54) is 6.08 Å². The van der Waals surface area contributed by atoms with E-state index in [4.69, 9.17) is 5.11 Å². The van der Waals surface area contributed by atoms with Crippen LogP contribution in [0.4, 0.5) is 5.69 Å². The lowest BCUT2D eigenvalue weighted by Gasteiger charge is -2.21. The van der Waals surface area contributed by atoms with Gasteiger partial charge in [0, 0.05) is 18.2 Å². The van der Waals surface area contributed by atoms with E-state index in [-0.39, 0.29) is 19.4 Å². The van der Waals surface area contributed by atoms with Crippen LogP contribution in [-0.4, -0.2) is 53.2 Å². The SMILES string of the molecule is C=CC[C@H](CC(=O)N[C@H](C)CO)C(=O)N[C@@H](CO)C(=O)Nc1ccc2ccccc2c1. The molecule has 0 saturated carbocycles. The second-order valence-electron chi connectivity index (χ2n) is 7.37. The average Bonchev–Trinajstić information content (AvgIpc) is 2.76. The zero-order chi connectivity index (χ0) is 22.8. The molecule has 2 aromatic rings. The maximum Gasteiger partial charge on any atom is 0.249 e. The van der Waals surface area contributed by atoms with Crippen LogP contribution >= 0.6 is 0 Å². The second kappa shape index (κ2) is 11.8. The van der Waals surface area contributed by atoms with Gasteiger partial charge in [-0.2, -0.15) is 0 Å². The van der Waals surface area contributed by atoms with Crippen LogP contribution in [0.5, 0.6) is 0 Å². The molecule has 166 valence electrons. The van der Waals surface area contributed by atoms with E-state index in [2.05, 4.69) is 22.5 Å². The molecular formula is C23H29N3O5. The molecule has 0 aliphatic heterocycles. The molecule has 0 unspecified atom stereocenters. The molecule has 0 saturated heterocycles. The third-order valence-electron chi connectivity index (χ3n) is 4.77. The first kappa shape index (κ1) is 24.0. The number of benzene rings is 2. The van der Waals surface area contributed by atoms with Gasteiger partial charge in [0.2, 0.25) is 17.7 Å². The molecule has 31 heavy (non-hydrogen) atoms. The van der Waals surface area contributed by atoms with Gasteiger partial charge in [0.05, 0.1) is 19.1 Å². The lowest BCUT2D eigenvalue weighted by Crippen LogP contribution is -2.49. The Balaban J connectivity index is 2.02. The third-order valence-corrected chi connectivity index (χ3v) is 4.77. The van der Waals surface area contributed by atoms with Crippen molar-refractivity contribution < 1.29 is 24.6 Å². The number of hydrogen-bond donors (Lipinski definition) is 5. The molecule has 5 N–H and O–H groups in total. The molecule has 3 amide bonds. The van der Waals surface area contributed by atoms with E-state index in [1.54, 1.807) is 19.1 Å². The highest BCUT2D eigenvalue weighted by Gasteiger charge is 2.26. The monoisotopic (exact) mass is 427 g/mol. The summed E-state index contributed by atoms with van der Waals surface area (Å²) in [6.07, 6.45) is 1.60. The Morgan fingerprint density at radius 2 is 1.71 bits per heavy atom. The molecular weight excluding hydrogens is 398 g/mol. The van der Waals surface area contributed by atoms with E-state index in [1.807, 2.05) is 30.3 Å². The number of carbonyl (C=O) groups excluding carboxylic acids is 3. The van der Waals surface area contributed by atoms with Gasteiger partial charge in [0.1, 0.15) is 6.04 Å². The Bertz CT molecular complexity index is 930. The van der Waals surface area contributed by atoms with Gasteiger partial charge in [-0.15, -0.1) is 6.58 Å². The molecule has 2 aromatic carbocycles. The van der Waals surface area contributed by atoms with Crippen molar-refractivity contribution in [2.75, 3.05) is 18.5 Å². The molecule has 0 aliphatic rings. The van der Waals surface area contributed by atoms with Crippen LogP contribution in [0.15, 0.2) is 55.1 Å². The Hall–Kier alpha value is -3.23. The molecule has 3 atom stereocenters. The summed E-state index contributed by atoms with van der Waals surface area (Å²) in [5.74, 6) is -2.27. The van der Waals surface area contributed by atoms with E-state index < -0.39 is 42.3 Å². The highest BCUT2D eigenvalue weighted by molar-refractivity contribution is 5.99. The standard InChI is InChI=1S/C23H29N3O5/c1-3-6-18(12-21(29)24-15(2)13-27)22(30)26-20(14-28)23(31)25-19-10-9-16-7-4-5-8-17(16)11-19/h3-5,7-11,15,18,20,27-28H,1,6,12-14H2,2H3,(H,24,29)(H,25,31)(H,26,30)/t15-,18-,20+/m1/s1. The summed E-state index contributed by atoms with van der Waals surface area (Å²) in [6, 6.07) is 11.5. The third kappa shape index (κ3) is 7.20. The summed E-state index contributed by atoms with van der Waals surface area (Å²) < 4.78 is 0. The molecule has 8 nitrogen and oxygen atoms in total. The number of nitrogens with one attached hydrogen (secondary N) is 3. The van der Waals surface area contributed by atoms with Gasteiger partial charge >= 0.3 is 0 Å². The quantitative estimate of drug-likeness (QED) is 0.346. The summed E-state index contributed by atoms with van der Waals surface area (Å²) in [7, 11) is 0. The number of aliphatic hydroxyl groups excluding tert-OH is 2. The summed E-state index contributed by atoms with van der Waals surface area (Å²) in [5, 5.41) is 28.4. The topological polar surface area (TPSA) is 128 Å². The first-order valence-electron chi connectivity index (χ1n) is 10.1. The molecule has 0 heterocycles. The number of aliphatic hydroxyl groups is 2. The maximum absolute atomic E-state index is 12.6. The summed E-state index contributed by atoms with van der Waals surface area (Å²) in [5.41, 5.74) is 0.538. The summed E-state index contributed by atoms with van der Waals surface area (Å²) >= 11 is 0. The molecule has 0 spiro atoms. The van der Waals surface area contributed by atoms with Crippen molar-refractivity contribution >= 4 is 34.2 Å². The van der Waals surface area contributed by atoms with Gasteiger partial charge in [-0.05, 0) is 36.2 Å². The van der Waals surface area contributed by atoms with Gasteiger partial charge in [-0.1, -0.05) is 36.4 Å². The first-order chi connectivity index (χ1) is 14.9. The fourth-order valence-electron chi connectivity index (χ4n) is 3.07. The lowest BCUT2D eigenvalue weighted by molar-refractivity contribution is -0.133. The number of anilines is 1. The van der Waals surface area contributed by atoms with Gasteiger partial charge in [-0.3, -0.25) is 14.4 Å². The number of carbonyl (C=O) groups is 3. The van der Waals surface area contributed by atoms with Crippen molar-refractivity contribution in [1.82, 2.24) is 10.6 Å². The maximum atomic E-state index is 12.6. The normalized spacial score (nSPS) is 13.6. The van der Waals surface area contributed by atoms with Gasteiger partial charge in [-0.25, -0.2) is 0 Å². The van der Waals surface area contributed by atoms with Crippen LogP contribution in [-0.2, 0) is 14.4 Å². The van der Waals surface area contributed by atoms with Gasteiger partial charge in [0.25, 0.3) is 0 Å². The van der Waals surface area contributed by atoms with Gasteiger partial charge < -0.3 is 26.2 Å². The minimum absolute atomic E-state index is 0.132. The van der Waals surface area contributed by atoms with Crippen molar-refractivity contribution in [3.8, 4) is 0 Å². The molecule has 0 aromatic heterocycles. The first-order valence-corrected chi connectivity index (χ1v) is 10.1. The fraction of sp³-hybridized carbons (Fsp3) is 0.348. The zero-order valence-corrected chi connectivity index (χ0v) is 17.5. The Morgan fingerprint density at radius 3 is 2.35 bits per heavy atom. The van der Waals surface area contributed by atoms with Crippen LogP contribution in [0.2, 0.25) is 0 Å². The Kier molecular flexibility index (Phi) is 9.17. The second-order valence-corrected chi connectivity index (χ2v) is 7.37. The number of allylic oxidation sites excluding steroid dienone is 1. The molecule has 0 radical (unpaired) electrons. The smallest absolute Gasteiger partial charge is 0.249 e. The van der Waals surface area contributed by atoms with Crippen molar-refractivity contribution in [3.63, 3.8) is 0 Å². The minimum atomic E-state index is -1.18. The molecule has 2 rings (SSSR count). The van der Waals surface area contributed by atoms with Crippen molar-refractivity contribution in [2.45, 2.75) is 31.8 Å². The number of amides is 3. The Morgan fingerprint density at radius 1 is 1.00 bits per heavy atom. The summed E-state index contributed by atoms with van der Waals surface area (Å²) in [4.78, 5) is 37.3. The van der Waals surface area contributed by atoms with Crippen LogP contribution in [0.3, 0.4) is 0 Å². The molecule has 8 heteroatoms. The number of rotatable bonds is 11. The zero-order valence-electron chi connectivity index (χ0n) is 17.5.